The van der Waals surface area contributed by atoms with E-state index in [9.17, 15) is 0 Å². The molecule has 2 nitrogen and oxygen atoms in total. The molecule has 18 heavy (non-hydrogen) atoms. The van der Waals surface area contributed by atoms with Crippen molar-refractivity contribution < 1.29 is 0 Å². The molecule has 1 saturated carbocycles. The van der Waals surface area contributed by atoms with E-state index in [1.807, 2.05) is 0 Å². The molecule has 1 saturated heterocycles. The summed E-state index contributed by atoms with van der Waals surface area (Å²) in [5.41, 5.74) is 7.54. The third-order valence-electron chi connectivity index (χ3n) is 4.53. The second kappa shape index (κ2) is 5.32. The zero-order valence-electron chi connectivity index (χ0n) is 10.7. The normalized spacial score (nSPS) is 28.8. The molecule has 3 atom stereocenters. The summed E-state index contributed by atoms with van der Waals surface area (Å²) in [6.07, 6.45) is 5.38. The van der Waals surface area contributed by atoms with Gasteiger partial charge in [0.05, 0.1) is 0 Å². The molecule has 98 valence electrons. The molecule has 1 aliphatic heterocycles. The maximum Gasteiger partial charge on any atom is 0.0307 e. The Hall–Kier alpha value is -0.380. The quantitative estimate of drug-likeness (QED) is 0.924. The molecule has 2 fully saturated rings. The van der Waals surface area contributed by atoms with E-state index >= 15 is 0 Å². The Bertz CT molecular complexity index is 421. The lowest BCUT2D eigenvalue weighted by Crippen LogP contribution is -2.34. The number of rotatable bonds is 4. The maximum atomic E-state index is 6.29. The van der Waals surface area contributed by atoms with E-state index in [2.05, 4.69) is 45.1 Å². The van der Waals surface area contributed by atoms with Gasteiger partial charge in [0.25, 0.3) is 0 Å². The lowest BCUT2D eigenvalue weighted by Gasteiger charge is -2.27. The van der Waals surface area contributed by atoms with Gasteiger partial charge in [0.2, 0.25) is 0 Å². The van der Waals surface area contributed by atoms with Crippen LogP contribution < -0.4 is 5.73 Å². The first-order valence-electron chi connectivity index (χ1n) is 6.97. The molecule has 1 heterocycles. The number of nitrogens with zero attached hydrogens (tertiary/aromatic N) is 1. The van der Waals surface area contributed by atoms with Crippen LogP contribution in [0.3, 0.4) is 0 Å². The van der Waals surface area contributed by atoms with Crippen LogP contribution in [0.5, 0.6) is 0 Å². The summed E-state index contributed by atoms with van der Waals surface area (Å²) in [6.45, 7) is 2.48. The Morgan fingerprint density at radius 2 is 2.28 bits per heavy atom. The molecule has 1 aliphatic carbocycles. The lowest BCUT2D eigenvalue weighted by molar-refractivity contribution is 0.206. The molecule has 1 aromatic rings. The third-order valence-corrected chi connectivity index (χ3v) is 5.02. The van der Waals surface area contributed by atoms with Gasteiger partial charge in [-0.2, -0.15) is 0 Å². The first-order chi connectivity index (χ1) is 8.72. The fourth-order valence-electron chi connectivity index (χ4n) is 3.51. The highest BCUT2D eigenvalue weighted by molar-refractivity contribution is 9.10. The summed E-state index contributed by atoms with van der Waals surface area (Å²) < 4.78 is 1.12. The zero-order valence-corrected chi connectivity index (χ0v) is 12.3. The highest BCUT2D eigenvalue weighted by Crippen LogP contribution is 2.37. The topological polar surface area (TPSA) is 29.3 Å². The van der Waals surface area contributed by atoms with E-state index in [1.54, 1.807) is 0 Å². The second-order valence-electron chi connectivity index (χ2n) is 5.78. The van der Waals surface area contributed by atoms with Crippen LogP contribution in [0.1, 0.15) is 37.3 Å². The summed E-state index contributed by atoms with van der Waals surface area (Å²) in [5, 5.41) is 0. The van der Waals surface area contributed by atoms with E-state index < -0.39 is 0 Å². The Labute approximate surface area is 118 Å². The Morgan fingerprint density at radius 1 is 1.39 bits per heavy atom. The summed E-state index contributed by atoms with van der Waals surface area (Å²) in [5.74, 6) is 0.983. The highest BCUT2D eigenvalue weighted by atomic mass is 79.9. The molecular weight excluding hydrogens is 288 g/mol. The van der Waals surface area contributed by atoms with Crippen LogP contribution in [0.4, 0.5) is 0 Å². The molecule has 0 amide bonds. The largest absolute Gasteiger partial charge is 0.324 e. The molecular formula is C15H21BrN2. The first-order valence-corrected chi connectivity index (χ1v) is 7.77. The van der Waals surface area contributed by atoms with Gasteiger partial charge in [-0.15, -0.1) is 0 Å². The zero-order chi connectivity index (χ0) is 12.5. The summed E-state index contributed by atoms with van der Waals surface area (Å²) >= 11 is 3.51. The smallest absolute Gasteiger partial charge is 0.0307 e. The number of likely N-dealkylation sites (tertiary alicyclic amines) is 1. The van der Waals surface area contributed by atoms with E-state index in [-0.39, 0.29) is 6.04 Å². The molecule has 3 unspecified atom stereocenters. The molecule has 2 N–H and O–H groups in total. The Balaban J connectivity index is 1.54. The standard InChI is InChI=1S/C15H21BrN2/c16-13-3-1-2-12(9-13)15(17)6-7-18-10-11-4-5-14(18)8-11/h1-3,9,11,14-15H,4-8,10,17H2. The van der Waals surface area contributed by atoms with Crippen LogP contribution in [0.25, 0.3) is 0 Å². The van der Waals surface area contributed by atoms with E-state index in [4.69, 9.17) is 5.73 Å². The van der Waals surface area contributed by atoms with Gasteiger partial charge >= 0.3 is 0 Å². The predicted octanol–water partition coefficient (Wildman–Crippen LogP) is 3.32. The average Bonchev–Trinajstić information content (AvgIpc) is 2.98. The second-order valence-corrected chi connectivity index (χ2v) is 6.69. The Morgan fingerprint density at radius 3 is 2.94 bits per heavy atom. The molecule has 0 spiro atoms. The van der Waals surface area contributed by atoms with Crippen LogP contribution in [0.15, 0.2) is 28.7 Å². The van der Waals surface area contributed by atoms with Gasteiger partial charge in [-0.3, -0.25) is 0 Å². The van der Waals surface area contributed by atoms with Gasteiger partial charge in [0, 0.05) is 29.6 Å². The molecule has 2 bridgehead atoms. The van der Waals surface area contributed by atoms with E-state index in [0.717, 1.165) is 29.4 Å². The molecule has 3 rings (SSSR count). The van der Waals surface area contributed by atoms with Crippen LogP contribution in [-0.4, -0.2) is 24.0 Å². The highest BCUT2D eigenvalue weighted by Gasteiger charge is 2.37. The number of hydrogen-bond acceptors (Lipinski definition) is 2. The Kier molecular flexibility index (Phi) is 3.73. The van der Waals surface area contributed by atoms with Crippen molar-refractivity contribution in [3.05, 3.63) is 34.3 Å². The molecule has 2 aliphatic rings. The predicted molar refractivity (Wildman–Crippen MR) is 78.4 cm³/mol. The number of fused-ring (bicyclic) bond motifs is 2. The van der Waals surface area contributed by atoms with Gasteiger partial charge in [0.15, 0.2) is 0 Å². The van der Waals surface area contributed by atoms with Crippen molar-refractivity contribution in [2.45, 2.75) is 37.8 Å². The van der Waals surface area contributed by atoms with E-state index in [1.165, 1.54) is 31.4 Å². The van der Waals surface area contributed by atoms with Gasteiger partial charge in [-0.25, -0.2) is 0 Å². The summed E-state index contributed by atoms with van der Waals surface area (Å²) in [6, 6.07) is 9.42. The maximum absolute atomic E-state index is 6.29. The minimum atomic E-state index is 0.168. The SMILES string of the molecule is NC(CCN1CC2CCC1C2)c1cccc(Br)c1. The van der Waals surface area contributed by atoms with Gasteiger partial charge in [0.1, 0.15) is 0 Å². The lowest BCUT2D eigenvalue weighted by atomic mass is 10.0. The van der Waals surface area contributed by atoms with Crippen molar-refractivity contribution >= 4 is 15.9 Å². The van der Waals surface area contributed by atoms with Crippen LogP contribution in [-0.2, 0) is 0 Å². The van der Waals surface area contributed by atoms with Crippen molar-refractivity contribution in [3.63, 3.8) is 0 Å². The molecule has 1 aromatic carbocycles. The minimum absolute atomic E-state index is 0.168. The number of piperidine rings is 1. The summed E-state index contributed by atoms with van der Waals surface area (Å²) in [4.78, 5) is 2.66. The molecule has 0 radical (unpaired) electrons. The van der Waals surface area contributed by atoms with Gasteiger partial charge < -0.3 is 10.6 Å². The minimum Gasteiger partial charge on any atom is -0.324 e. The fraction of sp³-hybridized carbons (Fsp3) is 0.600. The van der Waals surface area contributed by atoms with Crippen LogP contribution in [0, 0.1) is 5.92 Å². The third kappa shape index (κ3) is 2.63. The number of nitrogens with two attached hydrogens (primary N) is 1. The molecule has 0 aromatic heterocycles. The van der Waals surface area contributed by atoms with Gasteiger partial charge in [-0.05, 0) is 49.3 Å². The van der Waals surface area contributed by atoms with Crippen LogP contribution in [0.2, 0.25) is 0 Å². The van der Waals surface area contributed by atoms with Crippen LogP contribution >= 0.6 is 15.9 Å². The van der Waals surface area contributed by atoms with Crippen molar-refractivity contribution in [1.29, 1.82) is 0 Å². The van der Waals surface area contributed by atoms with Crippen molar-refractivity contribution in [2.75, 3.05) is 13.1 Å². The van der Waals surface area contributed by atoms with Gasteiger partial charge in [-0.1, -0.05) is 28.1 Å². The monoisotopic (exact) mass is 308 g/mol. The number of hydrogen-bond donors (Lipinski definition) is 1. The average molecular weight is 309 g/mol. The number of halogens is 1. The number of benzene rings is 1. The first kappa shape index (κ1) is 12.6. The van der Waals surface area contributed by atoms with Crippen molar-refractivity contribution in [2.24, 2.45) is 11.7 Å². The fourth-order valence-corrected chi connectivity index (χ4v) is 3.93. The van der Waals surface area contributed by atoms with E-state index in [0.29, 0.717) is 0 Å². The summed E-state index contributed by atoms with van der Waals surface area (Å²) in [7, 11) is 0. The van der Waals surface area contributed by atoms with Crippen molar-refractivity contribution in [3.8, 4) is 0 Å². The molecule has 3 heteroatoms. The van der Waals surface area contributed by atoms with Crippen molar-refractivity contribution in [1.82, 2.24) is 4.90 Å².